The molecule has 186 valence electrons. The van der Waals surface area contributed by atoms with Crippen molar-refractivity contribution in [1.82, 2.24) is 24.7 Å². The molecule has 1 aliphatic rings. The molecule has 4 aromatic heterocycles. The van der Waals surface area contributed by atoms with E-state index in [1.54, 1.807) is 30.5 Å². The Morgan fingerprint density at radius 3 is 2.65 bits per heavy atom. The molecule has 5 heterocycles. The first kappa shape index (κ1) is 22.9. The molecule has 1 amide bonds. The first-order valence-electron chi connectivity index (χ1n) is 11.7. The Morgan fingerprint density at radius 2 is 1.86 bits per heavy atom. The van der Waals surface area contributed by atoms with E-state index >= 15 is 0 Å². The molecule has 0 bridgehead atoms. The van der Waals surface area contributed by atoms with Gasteiger partial charge in [0.05, 0.1) is 17.5 Å². The summed E-state index contributed by atoms with van der Waals surface area (Å²) >= 11 is 0. The van der Waals surface area contributed by atoms with E-state index in [1.165, 1.54) is 28.9 Å². The number of carbonyl (C=O) groups excluding carboxylic acids is 1. The quantitative estimate of drug-likeness (QED) is 0.342. The Labute approximate surface area is 209 Å². The molecule has 6 rings (SSSR count). The molecule has 1 N–H and O–H groups in total. The molecule has 9 nitrogen and oxygen atoms in total. The first-order chi connectivity index (χ1) is 18.0. The second-order valence-corrected chi connectivity index (χ2v) is 8.63. The third kappa shape index (κ3) is 4.56. The SMILES string of the molecule is O=C(Nc1cn2nc(-c3c(-c4ccc(F)cc4)noc3C3CCOCC3)ccc2n1)c1ccnc(F)c1. The molecular formula is C26H20F2N6O3. The lowest BCUT2D eigenvalue weighted by molar-refractivity contribution is 0.0792. The van der Waals surface area contributed by atoms with E-state index in [9.17, 15) is 13.6 Å². The summed E-state index contributed by atoms with van der Waals surface area (Å²) in [6.07, 6.45) is 4.34. The Morgan fingerprint density at radius 1 is 1.05 bits per heavy atom. The van der Waals surface area contributed by atoms with Gasteiger partial charge in [-0.1, -0.05) is 5.16 Å². The van der Waals surface area contributed by atoms with Crippen molar-refractivity contribution in [2.24, 2.45) is 0 Å². The van der Waals surface area contributed by atoms with Crippen molar-refractivity contribution >= 4 is 17.4 Å². The largest absolute Gasteiger partial charge is 0.381 e. The van der Waals surface area contributed by atoms with Crippen LogP contribution in [0.2, 0.25) is 0 Å². The van der Waals surface area contributed by atoms with Crippen molar-refractivity contribution in [2.45, 2.75) is 18.8 Å². The van der Waals surface area contributed by atoms with Gasteiger partial charge in [-0.3, -0.25) is 4.79 Å². The molecule has 1 fully saturated rings. The summed E-state index contributed by atoms with van der Waals surface area (Å²) < 4.78 is 39.9. The number of benzene rings is 1. The van der Waals surface area contributed by atoms with Gasteiger partial charge in [0.25, 0.3) is 5.91 Å². The van der Waals surface area contributed by atoms with Gasteiger partial charge in [-0.15, -0.1) is 0 Å². The highest BCUT2D eigenvalue weighted by Gasteiger charge is 2.28. The fourth-order valence-corrected chi connectivity index (χ4v) is 4.40. The number of aromatic nitrogens is 5. The Hall–Kier alpha value is -4.51. The van der Waals surface area contributed by atoms with E-state index in [1.807, 2.05) is 0 Å². The highest BCUT2D eigenvalue weighted by molar-refractivity contribution is 6.03. The second-order valence-electron chi connectivity index (χ2n) is 8.63. The number of hydrogen-bond donors (Lipinski definition) is 1. The number of fused-ring (bicyclic) bond motifs is 1. The van der Waals surface area contributed by atoms with E-state index in [0.29, 0.717) is 47.1 Å². The van der Waals surface area contributed by atoms with Crippen LogP contribution in [0.15, 0.2) is 65.4 Å². The van der Waals surface area contributed by atoms with Crippen LogP contribution in [0.1, 0.15) is 34.9 Å². The number of anilines is 1. The Kier molecular flexibility index (Phi) is 5.89. The van der Waals surface area contributed by atoms with Gasteiger partial charge in [-0.05, 0) is 55.3 Å². The van der Waals surface area contributed by atoms with Crippen molar-refractivity contribution in [1.29, 1.82) is 0 Å². The number of ether oxygens (including phenoxy) is 1. The van der Waals surface area contributed by atoms with Crippen molar-refractivity contribution in [3.63, 3.8) is 0 Å². The Bertz CT molecular complexity index is 1590. The number of pyridine rings is 1. The molecule has 0 atom stereocenters. The van der Waals surface area contributed by atoms with Gasteiger partial charge in [0, 0.05) is 42.5 Å². The van der Waals surface area contributed by atoms with Crippen molar-refractivity contribution in [3.05, 3.63) is 84.0 Å². The average Bonchev–Trinajstić information content (AvgIpc) is 3.53. The predicted octanol–water partition coefficient (Wildman–Crippen LogP) is 4.87. The molecule has 0 spiro atoms. The molecule has 0 radical (unpaired) electrons. The molecule has 1 aliphatic heterocycles. The van der Waals surface area contributed by atoms with Gasteiger partial charge in [-0.2, -0.15) is 9.49 Å². The summed E-state index contributed by atoms with van der Waals surface area (Å²) in [5, 5.41) is 11.7. The van der Waals surface area contributed by atoms with Crippen molar-refractivity contribution in [2.75, 3.05) is 18.5 Å². The number of carbonyl (C=O) groups is 1. The van der Waals surface area contributed by atoms with Crippen molar-refractivity contribution in [3.8, 4) is 22.5 Å². The average molecular weight is 502 g/mol. The van der Waals surface area contributed by atoms with Gasteiger partial charge in [-0.25, -0.2) is 18.9 Å². The van der Waals surface area contributed by atoms with E-state index in [4.69, 9.17) is 14.4 Å². The maximum Gasteiger partial charge on any atom is 0.257 e. The summed E-state index contributed by atoms with van der Waals surface area (Å²) in [6.45, 7) is 1.24. The smallest absolute Gasteiger partial charge is 0.257 e. The minimum absolute atomic E-state index is 0.0985. The highest BCUT2D eigenvalue weighted by Crippen LogP contribution is 2.40. The third-order valence-electron chi connectivity index (χ3n) is 6.23. The number of rotatable bonds is 5. The van der Waals surface area contributed by atoms with E-state index in [0.717, 1.165) is 18.9 Å². The number of imidazole rings is 1. The van der Waals surface area contributed by atoms with Crippen LogP contribution < -0.4 is 5.32 Å². The molecule has 5 aromatic rings. The lowest BCUT2D eigenvalue weighted by Gasteiger charge is -2.20. The number of amides is 1. The van der Waals surface area contributed by atoms with Gasteiger partial charge < -0.3 is 14.6 Å². The summed E-state index contributed by atoms with van der Waals surface area (Å²) in [6, 6.07) is 12.1. The molecule has 0 saturated carbocycles. The first-order valence-corrected chi connectivity index (χ1v) is 11.7. The van der Waals surface area contributed by atoms with Gasteiger partial charge in [0.2, 0.25) is 5.95 Å². The van der Waals surface area contributed by atoms with Gasteiger partial charge in [0.1, 0.15) is 17.3 Å². The number of halogens is 2. The molecule has 11 heteroatoms. The molecule has 1 aromatic carbocycles. The predicted molar refractivity (Wildman–Crippen MR) is 129 cm³/mol. The van der Waals surface area contributed by atoms with Gasteiger partial charge >= 0.3 is 0 Å². The summed E-state index contributed by atoms with van der Waals surface area (Å²) in [5.41, 5.74) is 3.17. The zero-order valence-corrected chi connectivity index (χ0v) is 19.4. The highest BCUT2D eigenvalue weighted by atomic mass is 19.1. The monoisotopic (exact) mass is 502 g/mol. The normalized spacial score (nSPS) is 14.2. The lowest BCUT2D eigenvalue weighted by Crippen LogP contribution is -2.14. The maximum atomic E-state index is 13.6. The van der Waals surface area contributed by atoms with Crippen LogP contribution >= 0.6 is 0 Å². The number of nitrogens with zero attached hydrogens (tertiary/aromatic N) is 5. The summed E-state index contributed by atoms with van der Waals surface area (Å²) in [5.74, 6) is -0.574. The fourth-order valence-electron chi connectivity index (χ4n) is 4.40. The minimum atomic E-state index is -0.750. The second kappa shape index (κ2) is 9.51. The maximum absolute atomic E-state index is 13.6. The summed E-state index contributed by atoms with van der Waals surface area (Å²) in [4.78, 5) is 20.4. The molecule has 0 aliphatic carbocycles. The standard InChI is InChI=1S/C26H20F2N6O3/c27-18-3-1-15(2-4-18)24-23(25(37-33-24)16-8-11-36-12-9-16)19-5-6-22-30-21(14-34(22)32-19)31-26(35)17-7-10-29-20(28)13-17/h1-7,10,13-14,16H,8-9,11-12H2,(H,31,35). The zero-order chi connectivity index (χ0) is 25.4. The van der Waals surface area contributed by atoms with Crippen LogP contribution in [0, 0.1) is 11.8 Å². The van der Waals surface area contributed by atoms with E-state index in [2.05, 4.69) is 20.4 Å². The molecule has 0 unspecified atom stereocenters. The van der Waals surface area contributed by atoms with E-state index in [-0.39, 0.29) is 23.1 Å². The van der Waals surface area contributed by atoms with Crippen molar-refractivity contribution < 1.29 is 22.8 Å². The van der Waals surface area contributed by atoms with Crippen LogP contribution in [-0.4, -0.2) is 43.9 Å². The van der Waals surface area contributed by atoms with Crippen LogP contribution in [0.3, 0.4) is 0 Å². The number of hydrogen-bond acceptors (Lipinski definition) is 7. The zero-order valence-electron chi connectivity index (χ0n) is 19.4. The molecule has 1 saturated heterocycles. The lowest BCUT2D eigenvalue weighted by atomic mass is 9.91. The Balaban J connectivity index is 1.38. The van der Waals surface area contributed by atoms with Crippen LogP contribution in [0.4, 0.5) is 14.6 Å². The van der Waals surface area contributed by atoms with E-state index < -0.39 is 11.9 Å². The fraction of sp³-hybridized carbons (Fsp3) is 0.192. The third-order valence-corrected chi connectivity index (χ3v) is 6.23. The van der Waals surface area contributed by atoms with Crippen LogP contribution in [-0.2, 0) is 4.74 Å². The van der Waals surface area contributed by atoms with Crippen LogP contribution in [0.25, 0.3) is 28.2 Å². The van der Waals surface area contributed by atoms with Gasteiger partial charge in [0.15, 0.2) is 11.5 Å². The summed E-state index contributed by atoms with van der Waals surface area (Å²) in [7, 11) is 0. The topological polar surface area (TPSA) is 107 Å². The van der Waals surface area contributed by atoms with Crippen LogP contribution in [0.5, 0.6) is 0 Å². The minimum Gasteiger partial charge on any atom is -0.381 e. The number of nitrogens with one attached hydrogen (secondary N) is 1. The molecule has 37 heavy (non-hydrogen) atoms. The molecular weight excluding hydrogens is 482 g/mol.